The number of aromatic amines is 1. The number of hydrogen-bond donors (Lipinski definition) is 2. The lowest BCUT2D eigenvalue weighted by atomic mass is 10.1. The van der Waals surface area contributed by atoms with Crippen molar-refractivity contribution in [1.82, 2.24) is 9.97 Å². The number of aryl methyl sites for hydroxylation is 4. The molecule has 0 aliphatic heterocycles. The standard InChI is InChI=1S/C17H23N3O2/c1-6-13-8-14(17(21)20-12(13)4)18-9-15-16(22-5)7-10(2)11(3)19-15/h7-8,18H,6,9H2,1-5H3,(H,20,21). The molecule has 0 aromatic carbocycles. The normalized spacial score (nSPS) is 10.6. The molecule has 5 heteroatoms. The molecule has 0 bridgehead atoms. The zero-order chi connectivity index (χ0) is 16.3. The number of hydrogen-bond acceptors (Lipinski definition) is 4. The van der Waals surface area contributed by atoms with Gasteiger partial charge in [-0.05, 0) is 50.5 Å². The predicted molar refractivity (Wildman–Crippen MR) is 88.8 cm³/mol. The molecular formula is C17H23N3O2. The maximum atomic E-state index is 12.0. The van der Waals surface area contributed by atoms with Crippen LogP contribution in [0.15, 0.2) is 16.9 Å². The molecule has 0 aliphatic carbocycles. The smallest absolute Gasteiger partial charge is 0.271 e. The highest BCUT2D eigenvalue weighted by atomic mass is 16.5. The van der Waals surface area contributed by atoms with Crippen molar-refractivity contribution in [1.29, 1.82) is 0 Å². The first-order valence-electron chi connectivity index (χ1n) is 7.44. The quantitative estimate of drug-likeness (QED) is 0.891. The predicted octanol–water partition coefficient (Wildman–Crippen LogP) is 2.88. The Morgan fingerprint density at radius 2 is 2.00 bits per heavy atom. The Labute approximate surface area is 130 Å². The molecule has 2 heterocycles. The minimum atomic E-state index is -0.113. The van der Waals surface area contributed by atoms with E-state index in [2.05, 4.69) is 22.2 Å². The molecule has 0 aliphatic rings. The minimum Gasteiger partial charge on any atom is -0.495 e. The third-order valence-electron chi connectivity index (χ3n) is 3.90. The number of nitrogens with zero attached hydrogens (tertiary/aromatic N) is 1. The van der Waals surface area contributed by atoms with E-state index >= 15 is 0 Å². The molecule has 0 unspecified atom stereocenters. The van der Waals surface area contributed by atoms with E-state index in [0.717, 1.165) is 40.4 Å². The molecule has 2 N–H and O–H groups in total. The number of ether oxygens (including phenoxy) is 1. The van der Waals surface area contributed by atoms with E-state index < -0.39 is 0 Å². The van der Waals surface area contributed by atoms with Crippen LogP contribution in [-0.4, -0.2) is 17.1 Å². The summed E-state index contributed by atoms with van der Waals surface area (Å²) in [5.41, 5.74) is 5.33. The summed E-state index contributed by atoms with van der Waals surface area (Å²) in [6.07, 6.45) is 0.877. The first-order valence-corrected chi connectivity index (χ1v) is 7.44. The third kappa shape index (κ3) is 3.30. The van der Waals surface area contributed by atoms with Crippen molar-refractivity contribution in [2.24, 2.45) is 0 Å². The van der Waals surface area contributed by atoms with Crippen LogP contribution in [-0.2, 0) is 13.0 Å². The number of H-pyrrole nitrogens is 1. The number of aromatic nitrogens is 2. The summed E-state index contributed by atoms with van der Waals surface area (Å²) in [5, 5.41) is 3.17. The number of pyridine rings is 2. The summed E-state index contributed by atoms with van der Waals surface area (Å²) < 4.78 is 5.38. The Hall–Kier alpha value is -2.30. The van der Waals surface area contributed by atoms with Crippen molar-refractivity contribution in [3.05, 3.63) is 50.7 Å². The highest BCUT2D eigenvalue weighted by molar-refractivity contribution is 5.46. The van der Waals surface area contributed by atoms with Crippen molar-refractivity contribution in [3.63, 3.8) is 0 Å². The van der Waals surface area contributed by atoms with E-state index in [1.807, 2.05) is 32.9 Å². The molecule has 2 aromatic rings. The van der Waals surface area contributed by atoms with Gasteiger partial charge in [0.2, 0.25) is 0 Å². The van der Waals surface area contributed by atoms with Crippen molar-refractivity contribution in [3.8, 4) is 5.75 Å². The summed E-state index contributed by atoms with van der Waals surface area (Å²) in [4.78, 5) is 19.5. The fraction of sp³-hybridized carbons (Fsp3) is 0.412. The molecule has 0 spiro atoms. The van der Waals surface area contributed by atoms with Gasteiger partial charge in [-0.3, -0.25) is 9.78 Å². The summed E-state index contributed by atoms with van der Waals surface area (Å²) >= 11 is 0. The number of nitrogens with one attached hydrogen (secondary N) is 2. The van der Waals surface area contributed by atoms with Gasteiger partial charge < -0.3 is 15.0 Å². The number of anilines is 1. The summed E-state index contributed by atoms with van der Waals surface area (Å²) in [5.74, 6) is 0.731. The molecule has 0 saturated heterocycles. The van der Waals surface area contributed by atoms with Gasteiger partial charge in [-0.1, -0.05) is 6.92 Å². The first kappa shape index (κ1) is 16.1. The monoisotopic (exact) mass is 301 g/mol. The zero-order valence-electron chi connectivity index (χ0n) is 13.8. The van der Waals surface area contributed by atoms with Crippen LogP contribution in [0.5, 0.6) is 5.75 Å². The Kier molecular flexibility index (Phi) is 4.85. The van der Waals surface area contributed by atoms with Crippen LogP contribution in [0.25, 0.3) is 0 Å². The maximum Gasteiger partial charge on any atom is 0.271 e. The summed E-state index contributed by atoms with van der Waals surface area (Å²) in [6.45, 7) is 8.39. The zero-order valence-corrected chi connectivity index (χ0v) is 13.8. The number of rotatable bonds is 5. The van der Waals surface area contributed by atoms with E-state index in [-0.39, 0.29) is 5.56 Å². The molecule has 0 saturated carbocycles. The second-order valence-corrected chi connectivity index (χ2v) is 5.41. The van der Waals surface area contributed by atoms with E-state index in [1.54, 1.807) is 7.11 Å². The van der Waals surface area contributed by atoms with Gasteiger partial charge in [-0.2, -0.15) is 0 Å². The molecule has 118 valence electrons. The average molecular weight is 301 g/mol. The second-order valence-electron chi connectivity index (χ2n) is 5.41. The van der Waals surface area contributed by atoms with Crippen LogP contribution in [0.3, 0.4) is 0 Å². The Bertz CT molecular complexity index is 735. The first-order chi connectivity index (χ1) is 10.5. The van der Waals surface area contributed by atoms with Crippen molar-refractivity contribution >= 4 is 5.69 Å². The summed E-state index contributed by atoms with van der Waals surface area (Å²) in [7, 11) is 1.63. The van der Waals surface area contributed by atoms with Gasteiger partial charge in [0.05, 0.1) is 13.7 Å². The van der Waals surface area contributed by atoms with Gasteiger partial charge in [0.1, 0.15) is 17.1 Å². The van der Waals surface area contributed by atoms with Gasteiger partial charge >= 0.3 is 0 Å². The van der Waals surface area contributed by atoms with Crippen LogP contribution in [0, 0.1) is 20.8 Å². The lowest BCUT2D eigenvalue weighted by Gasteiger charge is -2.13. The highest BCUT2D eigenvalue weighted by Crippen LogP contribution is 2.21. The third-order valence-corrected chi connectivity index (χ3v) is 3.90. The Morgan fingerprint density at radius 1 is 1.27 bits per heavy atom. The molecule has 0 amide bonds. The molecule has 2 rings (SSSR count). The molecule has 0 radical (unpaired) electrons. The van der Waals surface area contributed by atoms with E-state index in [1.165, 1.54) is 0 Å². The van der Waals surface area contributed by atoms with Gasteiger partial charge in [-0.15, -0.1) is 0 Å². The molecule has 2 aromatic heterocycles. The lowest BCUT2D eigenvalue weighted by Crippen LogP contribution is -2.17. The van der Waals surface area contributed by atoms with Gasteiger partial charge in [0, 0.05) is 11.4 Å². The molecule has 22 heavy (non-hydrogen) atoms. The van der Waals surface area contributed by atoms with Crippen LogP contribution >= 0.6 is 0 Å². The molecule has 5 nitrogen and oxygen atoms in total. The van der Waals surface area contributed by atoms with E-state index in [0.29, 0.717) is 12.2 Å². The number of methoxy groups -OCH3 is 1. The maximum absolute atomic E-state index is 12.0. The fourth-order valence-electron chi connectivity index (χ4n) is 2.38. The molecular weight excluding hydrogens is 278 g/mol. The van der Waals surface area contributed by atoms with Crippen LogP contribution in [0.2, 0.25) is 0 Å². The van der Waals surface area contributed by atoms with Gasteiger partial charge in [0.25, 0.3) is 5.56 Å². The summed E-state index contributed by atoms with van der Waals surface area (Å²) in [6, 6.07) is 3.87. The second kappa shape index (κ2) is 6.64. The van der Waals surface area contributed by atoms with Crippen molar-refractivity contribution in [2.75, 3.05) is 12.4 Å². The van der Waals surface area contributed by atoms with Crippen molar-refractivity contribution in [2.45, 2.75) is 40.7 Å². The molecule has 0 fully saturated rings. The van der Waals surface area contributed by atoms with Crippen LogP contribution in [0.4, 0.5) is 5.69 Å². The van der Waals surface area contributed by atoms with Gasteiger partial charge in [-0.25, -0.2) is 0 Å². The largest absolute Gasteiger partial charge is 0.495 e. The Morgan fingerprint density at radius 3 is 2.64 bits per heavy atom. The fourth-order valence-corrected chi connectivity index (χ4v) is 2.38. The van der Waals surface area contributed by atoms with Crippen LogP contribution < -0.4 is 15.6 Å². The van der Waals surface area contributed by atoms with E-state index in [4.69, 9.17) is 4.74 Å². The highest BCUT2D eigenvalue weighted by Gasteiger charge is 2.10. The average Bonchev–Trinajstić information content (AvgIpc) is 2.49. The Balaban J connectivity index is 2.27. The topological polar surface area (TPSA) is 67.0 Å². The minimum absolute atomic E-state index is 0.113. The SMILES string of the molecule is CCc1cc(NCc2nc(C)c(C)cc2OC)c(=O)[nH]c1C. The molecule has 0 atom stereocenters. The van der Waals surface area contributed by atoms with Gasteiger partial charge in [0.15, 0.2) is 0 Å². The van der Waals surface area contributed by atoms with E-state index in [9.17, 15) is 4.79 Å². The lowest BCUT2D eigenvalue weighted by molar-refractivity contribution is 0.407. The van der Waals surface area contributed by atoms with Crippen molar-refractivity contribution < 1.29 is 4.74 Å². The van der Waals surface area contributed by atoms with Crippen LogP contribution in [0.1, 0.15) is 35.1 Å².